The maximum Gasteiger partial charge on any atom is 0.329 e. The second-order valence-electron chi connectivity index (χ2n) is 4.28. The normalized spacial score (nSPS) is 13.7. The number of carboxylic acids is 1. The van der Waals surface area contributed by atoms with E-state index in [0.717, 1.165) is 0 Å². The molecule has 1 unspecified atom stereocenters. The zero-order valence-corrected chi connectivity index (χ0v) is 10.4. The fraction of sp³-hybridized carbons (Fsp3) is 0.417. The topological polar surface area (TPSA) is 105 Å². The molecule has 1 heterocycles. The van der Waals surface area contributed by atoms with Crippen molar-refractivity contribution < 1.29 is 14.7 Å². The van der Waals surface area contributed by atoms with Crippen molar-refractivity contribution >= 4 is 17.7 Å². The summed E-state index contributed by atoms with van der Waals surface area (Å²) in [6, 6.07) is 3.08. The lowest BCUT2D eigenvalue weighted by Crippen LogP contribution is -2.44. The number of amides is 1. The Labute approximate surface area is 105 Å². The van der Waals surface area contributed by atoms with Crippen molar-refractivity contribution in [2.45, 2.75) is 32.2 Å². The molecule has 1 aromatic rings. The summed E-state index contributed by atoms with van der Waals surface area (Å²) in [4.78, 5) is 26.5. The third-order valence-corrected chi connectivity index (χ3v) is 2.69. The molecule has 0 aromatic carbocycles. The maximum atomic E-state index is 11.3. The minimum atomic E-state index is -1.17. The van der Waals surface area contributed by atoms with E-state index < -0.39 is 17.4 Å². The maximum absolute atomic E-state index is 11.3. The smallest absolute Gasteiger partial charge is 0.329 e. The van der Waals surface area contributed by atoms with E-state index in [1.54, 1.807) is 13.0 Å². The zero-order valence-electron chi connectivity index (χ0n) is 10.4. The third kappa shape index (κ3) is 2.97. The van der Waals surface area contributed by atoms with E-state index in [1.165, 1.54) is 12.3 Å². The Balaban J connectivity index is 3.08. The van der Waals surface area contributed by atoms with Crippen molar-refractivity contribution in [3.63, 3.8) is 0 Å². The standard InChI is InChI=1S/C12H17N3O3/c1-3-6-12(2,11(17)18)15-10-8(9(13)16)5-4-7-14-10/h4-5,7H,3,6H2,1-2H3,(H2,13,16)(H,14,15)(H,17,18). The van der Waals surface area contributed by atoms with Gasteiger partial charge in [0.05, 0.1) is 5.56 Å². The van der Waals surface area contributed by atoms with Crippen molar-refractivity contribution in [2.75, 3.05) is 5.32 Å². The lowest BCUT2D eigenvalue weighted by Gasteiger charge is -2.27. The molecule has 6 nitrogen and oxygen atoms in total. The number of nitrogens with one attached hydrogen (secondary N) is 1. The highest BCUT2D eigenvalue weighted by Crippen LogP contribution is 2.21. The van der Waals surface area contributed by atoms with Crippen LogP contribution in [0.25, 0.3) is 0 Å². The Kier molecular flexibility index (Phi) is 4.25. The fourth-order valence-corrected chi connectivity index (χ4v) is 1.69. The number of carbonyl (C=O) groups is 2. The van der Waals surface area contributed by atoms with Gasteiger partial charge in [0.25, 0.3) is 5.91 Å². The Morgan fingerprint density at radius 1 is 1.56 bits per heavy atom. The van der Waals surface area contributed by atoms with Gasteiger partial charge in [0.2, 0.25) is 0 Å². The molecule has 0 aliphatic rings. The van der Waals surface area contributed by atoms with Gasteiger partial charge in [-0.25, -0.2) is 9.78 Å². The predicted octanol–water partition coefficient (Wildman–Crippen LogP) is 1.24. The molecule has 0 fully saturated rings. The summed E-state index contributed by atoms with van der Waals surface area (Å²) in [5.41, 5.74) is 4.23. The number of primary amides is 1. The van der Waals surface area contributed by atoms with Crippen LogP contribution in [0.3, 0.4) is 0 Å². The van der Waals surface area contributed by atoms with Gasteiger partial charge < -0.3 is 16.2 Å². The molecular formula is C12H17N3O3. The van der Waals surface area contributed by atoms with Gasteiger partial charge in [0.1, 0.15) is 11.4 Å². The first kappa shape index (κ1) is 14.0. The number of anilines is 1. The first-order valence-electron chi connectivity index (χ1n) is 5.67. The summed E-state index contributed by atoms with van der Waals surface area (Å²) < 4.78 is 0. The summed E-state index contributed by atoms with van der Waals surface area (Å²) in [6.07, 6.45) is 2.58. The highest BCUT2D eigenvalue weighted by Gasteiger charge is 2.33. The number of pyridine rings is 1. The van der Waals surface area contributed by atoms with E-state index in [0.29, 0.717) is 12.8 Å². The lowest BCUT2D eigenvalue weighted by atomic mass is 9.96. The number of nitrogens with zero attached hydrogens (tertiary/aromatic N) is 1. The molecule has 18 heavy (non-hydrogen) atoms. The first-order valence-corrected chi connectivity index (χ1v) is 5.67. The molecule has 1 rings (SSSR count). The highest BCUT2D eigenvalue weighted by molar-refractivity contribution is 5.98. The highest BCUT2D eigenvalue weighted by atomic mass is 16.4. The second-order valence-corrected chi connectivity index (χ2v) is 4.28. The van der Waals surface area contributed by atoms with Gasteiger partial charge in [-0.1, -0.05) is 13.3 Å². The number of rotatable bonds is 6. The SMILES string of the molecule is CCCC(C)(Nc1ncccc1C(N)=O)C(=O)O. The molecule has 0 bridgehead atoms. The number of aromatic nitrogens is 1. The summed E-state index contributed by atoms with van der Waals surface area (Å²) in [7, 11) is 0. The molecular weight excluding hydrogens is 234 g/mol. The Hall–Kier alpha value is -2.11. The van der Waals surface area contributed by atoms with Crippen LogP contribution in [0.15, 0.2) is 18.3 Å². The zero-order chi connectivity index (χ0) is 13.8. The summed E-state index contributed by atoms with van der Waals surface area (Å²) >= 11 is 0. The molecule has 1 amide bonds. The van der Waals surface area contributed by atoms with Crippen LogP contribution in [0.4, 0.5) is 5.82 Å². The molecule has 0 spiro atoms. The van der Waals surface area contributed by atoms with E-state index in [-0.39, 0.29) is 11.4 Å². The Morgan fingerprint density at radius 2 is 2.22 bits per heavy atom. The molecule has 1 aromatic heterocycles. The number of hydrogen-bond donors (Lipinski definition) is 3. The lowest BCUT2D eigenvalue weighted by molar-refractivity contribution is -0.142. The van der Waals surface area contributed by atoms with E-state index in [2.05, 4.69) is 10.3 Å². The molecule has 0 aliphatic carbocycles. The van der Waals surface area contributed by atoms with Crippen molar-refractivity contribution in [1.29, 1.82) is 0 Å². The van der Waals surface area contributed by atoms with Gasteiger partial charge in [-0.3, -0.25) is 4.79 Å². The van der Waals surface area contributed by atoms with Crippen LogP contribution < -0.4 is 11.1 Å². The van der Waals surface area contributed by atoms with E-state index in [9.17, 15) is 14.7 Å². The van der Waals surface area contributed by atoms with Crippen molar-refractivity contribution in [1.82, 2.24) is 4.98 Å². The summed E-state index contributed by atoms with van der Waals surface area (Å²) in [6.45, 7) is 3.44. The molecule has 0 aliphatic heterocycles. The van der Waals surface area contributed by atoms with Crippen LogP contribution in [-0.2, 0) is 4.79 Å². The summed E-state index contributed by atoms with van der Waals surface area (Å²) in [5.74, 6) is -1.44. The van der Waals surface area contributed by atoms with Crippen LogP contribution in [0.5, 0.6) is 0 Å². The molecule has 0 radical (unpaired) electrons. The van der Waals surface area contributed by atoms with Gasteiger partial charge in [-0.05, 0) is 25.5 Å². The Morgan fingerprint density at radius 3 is 2.72 bits per heavy atom. The molecule has 1 atom stereocenters. The predicted molar refractivity (Wildman–Crippen MR) is 67.3 cm³/mol. The van der Waals surface area contributed by atoms with Gasteiger partial charge in [-0.15, -0.1) is 0 Å². The number of carbonyl (C=O) groups excluding carboxylic acids is 1. The van der Waals surface area contributed by atoms with Crippen LogP contribution in [0.2, 0.25) is 0 Å². The van der Waals surface area contributed by atoms with Crippen molar-refractivity contribution in [3.8, 4) is 0 Å². The van der Waals surface area contributed by atoms with Gasteiger partial charge >= 0.3 is 5.97 Å². The third-order valence-electron chi connectivity index (χ3n) is 2.69. The van der Waals surface area contributed by atoms with Gasteiger partial charge in [-0.2, -0.15) is 0 Å². The quantitative estimate of drug-likeness (QED) is 0.705. The van der Waals surface area contributed by atoms with Crippen molar-refractivity contribution in [2.24, 2.45) is 5.73 Å². The molecule has 6 heteroatoms. The monoisotopic (exact) mass is 251 g/mol. The van der Waals surface area contributed by atoms with Crippen LogP contribution in [-0.4, -0.2) is 27.5 Å². The average Bonchev–Trinajstić information content (AvgIpc) is 2.29. The van der Waals surface area contributed by atoms with E-state index >= 15 is 0 Å². The number of nitrogens with two attached hydrogens (primary N) is 1. The number of aliphatic carboxylic acids is 1. The van der Waals surface area contributed by atoms with Crippen LogP contribution in [0.1, 0.15) is 37.0 Å². The number of carboxylic acid groups (broad SMARTS) is 1. The average molecular weight is 251 g/mol. The largest absolute Gasteiger partial charge is 0.480 e. The fourth-order valence-electron chi connectivity index (χ4n) is 1.69. The Bertz CT molecular complexity index is 462. The first-order chi connectivity index (χ1) is 8.40. The van der Waals surface area contributed by atoms with Crippen molar-refractivity contribution in [3.05, 3.63) is 23.9 Å². The molecule has 4 N–H and O–H groups in total. The van der Waals surface area contributed by atoms with E-state index in [1.807, 2.05) is 6.92 Å². The molecule has 98 valence electrons. The van der Waals surface area contributed by atoms with Crippen LogP contribution >= 0.6 is 0 Å². The minimum absolute atomic E-state index is 0.182. The van der Waals surface area contributed by atoms with E-state index in [4.69, 9.17) is 5.73 Å². The van der Waals surface area contributed by atoms with Gasteiger partial charge in [0, 0.05) is 6.20 Å². The summed E-state index contributed by atoms with van der Waals surface area (Å²) in [5, 5.41) is 12.0. The molecule has 0 saturated heterocycles. The minimum Gasteiger partial charge on any atom is -0.480 e. The van der Waals surface area contributed by atoms with Crippen LogP contribution in [0, 0.1) is 0 Å². The number of hydrogen-bond acceptors (Lipinski definition) is 4. The molecule has 0 saturated carbocycles. The van der Waals surface area contributed by atoms with Gasteiger partial charge in [0.15, 0.2) is 0 Å². The second kappa shape index (κ2) is 5.48.